The summed E-state index contributed by atoms with van der Waals surface area (Å²) in [6.45, 7) is 9.28. The van der Waals surface area contributed by atoms with Crippen LogP contribution in [-0.4, -0.2) is 70.3 Å². The largest absolute Gasteiger partial charge is 0.392 e. The lowest BCUT2D eigenvalue weighted by atomic mass is 9.99. The number of nitrogens with two attached hydrogens (primary N) is 1. The number of nitriles is 1. The first kappa shape index (κ1) is 46.6. The van der Waals surface area contributed by atoms with Crippen molar-refractivity contribution in [1.29, 1.82) is 5.26 Å². The summed E-state index contributed by atoms with van der Waals surface area (Å²) >= 11 is 0. The van der Waals surface area contributed by atoms with Gasteiger partial charge in [-0.15, -0.1) is 0 Å². The molecule has 0 radical (unpaired) electrons. The molecule has 0 amide bonds. The van der Waals surface area contributed by atoms with Crippen molar-refractivity contribution in [2.24, 2.45) is 0 Å². The molecule has 51 heavy (non-hydrogen) atoms. The number of nitrogen functional groups attached to an aromatic ring is 1. The second-order valence-corrected chi connectivity index (χ2v) is 13.9. The van der Waals surface area contributed by atoms with Gasteiger partial charge in [-0.2, -0.15) is 10.4 Å². The van der Waals surface area contributed by atoms with Crippen molar-refractivity contribution >= 4 is 19.9 Å². The Morgan fingerprint density at radius 1 is 0.941 bits per heavy atom. The summed E-state index contributed by atoms with van der Waals surface area (Å²) in [5.74, 6) is 0.390. The molecule has 11 nitrogen and oxygen atoms in total. The fraction of sp³-hybridized carbons (Fsp3) is 0.718. The third-order valence-electron chi connectivity index (χ3n) is 8.94. The minimum absolute atomic E-state index is 0.0972. The lowest BCUT2D eigenvalue weighted by Gasteiger charge is -2.25. The third kappa shape index (κ3) is 21.6. The molecule has 2 aromatic heterocycles. The van der Waals surface area contributed by atoms with Crippen LogP contribution < -0.4 is 5.73 Å². The number of hydrogen-bond acceptors (Lipinski definition) is 10. The maximum atomic E-state index is 10.2. The van der Waals surface area contributed by atoms with Crippen LogP contribution in [0.25, 0.3) is 5.52 Å². The van der Waals surface area contributed by atoms with Gasteiger partial charge < -0.3 is 34.3 Å². The van der Waals surface area contributed by atoms with Crippen molar-refractivity contribution in [3.63, 3.8) is 0 Å². The number of fused-ring (bicyclic) bond motifs is 1. The van der Waals surface area contributed by atoms with Gasteiger partial charge in [-0.1, -0.05) is 122 Å². The van der Waals surface area contributed by atoms with Gasteiger partial charge in [-0.05, 0) is 50.3 Å². The zero-order valence-corrected chi connectivity index (χ0v) is 32.8. The molecule has 0 aliphatic rings. The SMILES string of the molecule is C=C/C(=C\C)CO.CCCCCCCCCCCCCCCCCCOCCCOP(O)OCC(C#N)(CCc1ccc2c(N)ncnn12)OC. The molecule has 2 rings (SSSR count). The molecule has 2 heterocycles. The number of rotatable bonds is 31. The molecule has 12 heteroatoms. The maximum absolute atomic E-state index is 10.2. The molecule has 0 saturated carbocycles. The number of aliphatic hydroxyl groups is 1. The van der Waals surface area contributed by atoms with Crippen molar-refractivity contribution in [3.05, 3.63) is 48.5 Å². The fourth-order valence-electron chi connectivity index (χ4n) is 5.52. The monoisotopic (exact) mass is 733 g/mol. The Morgan fingerprint density at radius 3 is 2.04 bits per heavy atom. The first-order chi connectivity index (χ1) is 24.9. The molecule has 0 saturated heterocycles. The molecule has 0 aromatic carbocycles. The smallest absolute Gasteiger partial charge is 0.329 e. The zero-order chi connectivity index (χ0) is 37.4. The first-order valence-corrected chi connectivity index (χ1v) is 20.3. The fourth-order valence-corrected chi connectivity index (χ4v) is 6.20. The lowest BCUT2D eigenvalue weighted by molar-refractivity contribution is -0.0110. The third-order valence-corrected chi connectivity index (χ3v) is 9.69. The quantitative estimate of drug-likeness (QED) is 0.0388. The molecular formula is C39H68N5O6P. The van der Waals surface area contributed by atoms with Gasteiger partial charge in [0.2, 0.25) is 0 Å². The Morgan fingerprint density at radius 2 is 1.53 bits per heavy atom. The number of methoxy groups -OCH3 is 1. The van der Waals surface area contributed by atoms with E-state index in [2.05, 4.69) is 29.7 Å². The highest BCUT2D eigenvalue weighted by Crippen LogP contribution is 2.35. The van der Waals surface area contributed by atoms with Crippen LogP contribution in [0.3, 0.4) is 0 Å². The lowest BCUT2D eigenvalue weighted by Crippen LogP contribution is -2.35. The van der Waals surface area contributed by atoms with E-state index in [1.165, 1.54) is 110 Å². The van der Waals surface area contributed by atoms with Gasteiger partial charge in [-0.25, -0.2) is 9.50 Å². The van der Waals surface area contributed by atoms with Gasteiger partial charge >= 0.3 is 8.60 Å². The Labute approximate surface area is 309 Å². The average Bonchev–Trinajstić information content (AvgIpc) is 3.58. The normalized spacial score (nSPS) is 13.4. The van der Waals surface area contributed by atoms with E-state index in [0.29, 0.717) is 43.8 Å². The minimum Gasteiger partial charge on any atom is -0.392 e. The standard InChI is InChI=1S/C33H58N5O5P.C6H10O/c1-3-4-5-6-7-8-9-10-11-12-13-14-15-16-17-18-24-41-25-19-26-42-44(39)43-28-33(27-34,40-2)23-22-30-20-21-31-32(35)36-29-37-38(30)31;1-3-6(4-2)5-7/h20-21,29,39H,3-19,22-26,28H2,1-2H3,(H2,35,36,37);3-4,7H,1,5H2,2H3/b;6-4+. The predicted octanol–water partition coefficient (Wildman–Crippen LogP) is 9.18. The van der Waals surface area contributed by atoms with Gasteiger partial charge in [0.1, 0.15) is 17.9 Å². The summed E-state index contributed by atoms with van der Waals surface area (Å²) in [5, 5.41) is 22.4. The molecule has 0 fully saturated rings. The molecule has 0 bridgehead atoms. The Balaban J connectivity index is 0.00000167. The number of anilines is 1. The molecule has 2 unspecified atom stereocenters. The number of aliphatic hydroxyl groups excluding tert-OH is 1. The van der Waals surface area contributed by atoms with Crippen LogP contribution in [0.1, 0.15) is 135 Å². The minimum atomic E-state index is -2.12. The van der Waals surface area contributed by atoms with Crippen molar-refractivity contribution < 1.29 is 28.5 Å². The Hall–Kier alpha value is -2.42. The number of hydrogen-bond donors (Lipinski definition) is 3. The summed E-state index contributed by atoms with van der Waals surface area (Å²) in [4.78, 5) is 14.2. The number of allylic oxidation sites excluding steroid dienone is 1. The summed E-state index contributed by atoms with van der Waals surface area (Å²) in [5.41, 5.74) is 7.12. The summed E-state index contributed by atoms with van der Waals surface area (Å²) in [7, 11) is -0.662. The molecule has 2 aromatic rings. The summed E-state index contributed by atoms with van der Waals surface area (Å²) in [6.07, 6.45) is 28.1. The summed E-state index contributed by atoms with van der Waals surface area (Å²) < 4.78 is 23.8. The van der Waals surface area contributed by atoms with E-state index in [4.69, 9.17) is 29.4 Å². The van der Waals surface area contributed by atoms with E-state index >= 15 is 0 Å². The second kappa shape index (κ2) is 31.1. The van der Waals surface area contributed by atoms with E-state index in [9.17, 15) is 10.2 Å². The molecule has 2 atom stereocenters. The second-order valence-electron chi connectivity index (χ2n) is 12.9. The number of ether oxygens (including phenoxy) is 2. The van der Waals surface area contributed by atoms with Crippen LogP contribution in [0, 0.1) is 11.3 Å². The average molecular weight is 734 g/mol. The Bertz CT molecular complexity index is 1220. The number of aromatic nitrogens is 3. The van der Waals surface area contributed by atoms with Crippen molar-refractivity contribution in [1.82, 2.24) is 14.6 Å². The van der Waals surface area contributed by atoms with Gasteiger partial charge in [-0.3, -0.25) is 0 Å². The van der Waals surface area contributed by atoms with Crippen LogP contribution in [0.4, 0.5) is 5.82 Å². The molecule has 290 valence electrons. The van der Waals surface area contributed by atoms with Gasteiger partial charge in [0.25, 0.3) is 0 Å². The summed E-state index contributed by atoms with van der Waals surface area (Å²) in [6, 6.07) is 5.92. The highest BCUT2D eigenvalue weighted by atomic mass is 31.2. The van der Waals surface area contributed by atoms with Crippen LogP contribution in [0.2, 0.25) is 0 Å². The van der Waals surface area contributed by atoms with Crippen molar-refractivity contribution in [2.45, 2.75) is 141 Å². The van der Waals surface area contributed by atoms with Crippen LogP contribution >= 0.6 is 8.60 Å². The maximum Gasteiger partial charge on any atom is 0.329 e. The van der Waals surface area contributed by atoms with Gasteiger partial charge in [0, 0.05) is 26.0 Å². The predicted molar refractivity (Wildman–Crippen MR) is 208 cm³/mol. The van der Waals surface area contributed by atoms with Crippen LogP contribution in [-0.2, 0) is 24.9 Å². The van der Waals surface area contributed by atoms with E-state index in [1.807, 2.05) is 25.1 Å². The molecule has 0 spiro atoms. The highest BCUT2D eigenvalue weighted by Gasteiger charge is 2.32. The molecular weight excluding hydrogens is 665 g/mol. The van der Waals surface area contributed by atoms with Crippen LogP contribution in [0.5, 0.6) is 0 Å². The number of aryl methyl sites for hydroxylation is 1. The number of unbranched alkanes of at least 4 members (excludes halogenated alkanes) is 15. The van der Waals surface area contributed by atoms with Crippen molar-refractivity contribution in [3.8, 4) is 6.07 Å². The van der Waals surface area contributed by atoms with E-state index in [0.717, 1.165) is 24.3 Å². The molecule has 0 aliphatic carbocycles. The van der Waals surface area contributed by atoms with Crippen molar-refractivity contribution in [2.75, 3.05) is 45.9 Å². The zero-order valence-electron chi connectivity index (χ0n) is 31.9. The topological polar surface area (TPSA) is 157 Å². The van der Waals surface area contributed by atoms with E-state index in [1.54, 1.807) is 10.6 Å². The highest BCUT2D eigenvalue weighted by molar-refractivity contribution is 7.40. The Kier molecular flexibility index (Phi) is 28.5. The van der Waals surface area contributed by atoms with Gasteiger partial charge in [0.15, 0.2) is 11.4 Å². The van der Waals surface area contributed by atoms with Gasteiger partial charge in [0.05, 0.1) is 19.8 Å². The number of nitrogens with zero attached hydrogens (tertiary/aromatic N) is 4. The van der Waals surface area contributed by atoms with Crippen LogP contribution in [0.15, 0.2) is 42.8 Å². The first-order valence-electron chi connectivity index (χ1n) is 19.1. The molecule has 4 N–H and O–H groups in total. The molecule has 0 aliphatic heterocycles. The van der Waals surface area contributed by atoms with E-state index in [-0.39, 0.29) is 13.2 Å². The van der Waals surface area contributed by atoms with E-state index < -0.39 is 14.2 Å².